The first-order valence-electron chi connectivity index (χ1n) is 6.69. The fourth-order valence-corrected chi connectivity index (χ4v) is 3.76. The molecule has 0 aromatic heterocycles. The zero-order chi connectivity index (χ0) is 16.3. The van der Waals surface area contributed by atoms with Crippen molar-refractivity contribution in [2.45, 2.75) is 18.7 Å². The summed E-state index contributed by atoms with van der Waals surface area (Å²) in [6.07, 6.45) is 0. The van der Waals surface area contributed by atoms with E-state index < -0.39 is 22.5 Å². The molecular formula is C16H17NO4S. The number of carboxylic acids is 1. The van der Waals surface area contributed by atoms with Crippen molar-refractivity contribution in [3.8, 4) is 0 Å². The van der Waals surface area contributed by atoms with Crippen molar-refractivity contribution in [2.24, 2.45) is 0 Å². The minimum Gasteiger partial charge on any atom is -0.480 e. The van der Waals surface area contributed by atoms with Gasteiger partial charge in [-0.1, -0.05) is 35.9 Å². The second-order valence-electron chi connectivity index (χ2n) is 5.01. The lowest BCUT2D eigenvalue weighted by atomic mass is 10.2. The van der Waals surface area contributed by atoms with Gasteiger partial charge in [-0.25, -0.2) is 8.42 Å². The molecule has 0 radical (unpaired) electrons. The molecule has 2 aromatic rings. The van der Waals surface area contributed by atoms with Gasteiger partial charge in [0.2, 0.25) is 0 Å². The van der Waals surface area contributed by atoms with Crippen molar-refractivity contribution in [1.82, 2.24) is 0 Å². The minimum atomic E-state index is -3.94. The Balaban J connectivity index is 2.56. The predicted molar refractivity (Wildman–Crippen MR) is 84.5 cm³/mol. The van der Waals surface area contributed by atoms with Crippen LogP contribution in [0.4, 0.5) is 5.69 Å². The van der Waals surface area contributed by atoms with Gasteiger partial charge in [0, 0.05) is 0 Å². The van der Waals surface area contributed by atoms with E-state index in [0.29, 0.717) is 11.3 Å². The number of hydrogen-bond acceptors (Lipinski definition) is 3. The summed E-state index contributed by atoms with van der Waals surface area (Å²) in [5.74, 6) is -1.21. The molecule has 0 aliphatic carbocycles. The molecule has 0 spiro atoms. The smallest absolute Gasteiger partial charge is 0.324 e. The van der Waals surface area contributed by atoms with Crippen LogP contribution in [0.3, 0.4) is 0 Å². The number of nitrogens with zero attached hydrogens (tertiary/aromatic N) is 1. The normalized spacial score (nSPS) is 11.2. The van der Waals surface area contributed by atoms with Crippen LogP contribution in [0.1, 0.15) is 11.1 Å². The summed E-state index contributed by atoms with van der Waals surface area (Å²) in [5.41, 5.74) is 1.87. The summed E-state index contributed by atoms with van der Waals surface area (Å²) in [4.78, 5) is 11.2. The van der Waals surface area contributed by atoms with Crippen LogP contribution in [0.2, 0.25) is 0 Å². The average molecular weight is 319 g/mol. The van der Waals surface area contributed by atoms with Gasteiger partial charge in [0.25, 0.3) is 10.0 Å². The highest BCUT2D eigenvalue weighted by atomic mass is 32.2. The Morgan fingerprint density at radius 3 is 2.18 bits per heavy atom. The third kappa shape index (κ3) is 3.28. The highest BCUT2D eigenvalue weighted by molar-refractivity contribution is 7.93. The molecule has 0 aliphatic heterocycles. The number of sulfonamides is 1. The Bertz CT molecular complexity index is 782. The van der Waals surface area contributed by atoms with Crippen molar-refractivity contribution in [3.05, 3.63) is 59.7 Å². The maximum atomic E-state index is 12.8. The molecule has 0 fully saturated rings. The summed E-state index contributed by atoms with van der Waals surface area (Å²) >= 11 is 0. The highest BCUT2D eigenvalue weighted by Gasteiger charge is 2.28. The quantitative estimate of drug-likeness (QED) is 0.919. The number of benzene rings is 2. The van der Waals surface area contributed by atoms with Gasteiger partial charge in [-0.15, -0.1) is 0 Å². The van der Waals surface area contributed by atoms with Gasteiger partial charge in [0.1, 0.15) is 6.54 Å². The predicted octanol–water partition coefficient (Wildman–Crippen LogP) is 2.58. The van der Waals surface area contributed by atoms with Gasteiger partial charge < -0.3 is 5.11 Å². The molecule has 0 saturated heterocycles. The van der Waals surface area contributed by atoms with E-state index in [9.17, 15) is 13.2 Å². The molecule has 0 aliphatic rings. The number of carboxylic acid groups (broad SMARTS) is 1. The van der Waals surface area contributed by atoms with Crippen LogP contribution in [0.25, 0.3) is 0 Å². The maximum absolute atomic E-state index is 12.8. The van der Waals surface area contributed by atoms with E-state index in [1.54, 1.807) is 49.4 Å². The van der Waals surface area contributed by atoms with E-state index in [-0.39, 0.29) is 4.90 Å². The molecule has 0 atom stereocenters. The molecule has 116 valence electrons. The number of hydrogen-bond donors (Lipinski definition) is 1. The van der Waals surface area contributed by atoms with E-state index in [0.717, 1.165) is 9.87 Å². The fourth-order valence-electron chi connectivity index (χ4n) is 2.11. The summed E-state index contributed by atoms with van der Waals surface area (Å²) in [5, 5.41) is 9.07. The Labute approximate surface area is 129 Å². The van der Waals surface area contributed by atoms with Gasteiger partial charge >= 0.3 is 5.97 Å². The molecule has 6 heteroatoms. The average Bonchev–Trinajstić information content (AvgIpc) is 2.46. The number of aryl methyl sites for hydroxylation is 2. The van der Waals surface area contributed by atoms with Gasteiger partial charge in [-0.05, 0) is 37.6 Å². The lowest BCUT2D eigenvalue weighted by Crippen LogP contribution is -2.36. The first kappa shape index (κ1) is 16.0. The zero-order valence-corrected chi connectivity index (χ0v) is 13.2. The van der Waals surface area contributed by atoms with Crippen LogP contribution in [-0.2, 0) is 14.8 Å². The number of anilines is 1. The first-order valence-corrected chi connectivity index (χ1v) is 8.13. The van der Waals surface area contributed by atoms with Crippen LogP contribution in [0, 0.1) is 13.8 Å². The molecule has 2 rings (SSSR count). The molecule has 1 N–H and O–H groups in total. The summed E-state index contributed by atoms with van der Waals surface area (Å²) in [7, 11) is -3.94. The Morgan fingerprint density at radius 2 is 1.64 bits per heavy atom. The molecule has 0 bridgehead atoms. The number of carbonyl (C=O) groups is 1. The molecule has 0 saturated carbocycles. The lowest BCUT2D eigenvalue weighted by molar-refractivity contribution is -0.135. The van der Waals surface area contributed by atoms with Crippen LogP contribution < -0.4 is 4.31 Å². The number of aliphatic carboxylic acids is 1. The second kappa shape index (κ2) is 6.19. The first-order chi connectivity index (χ1) is 10.3. The van der Waals surface area contributed by atoms with E-state index >= 15 is 0 Å². The van der Waals surface area contributed by atoms with Gasteiger partial charge in [0.15, 0.2) is 0 Å². The molecule has 0 heterocycles. The largest absolute Gasteiger partial charge is 0.480 e. The van der Waals surface area contributed by atoms with Crippen molar-refractivity contribution >= 4 is 21.7 Å². The molecule has 5 nitrogen and oxygen atoms in total. The van der Waals surface area contributed by atoms with Gasteiger partial charge in [0.05, 0.1) is 10.6 Å². The van der Waals surface area contributed by atoms with Crippen molar-refractivity contribution < 1.29 is 18.3 Å². The van der Waals surface area contributed by atoms with Crippen molar-refractivity contribution in [3.63, 3.8) is 0 Å². The second-order valence-corrected chi connectivity index (χ2v) is 6.84. The summed E-state index contributed by atoms with van der Waals surface area (Å²) in [6.45, 7) is 2.93. The van der Waals surface area contributed by atoms with E-state index in [4.69, 9.17) is 5.11 Å². The maximum Gasteiger partial charge on any atom is 0.324 e. The molecule has 0 amide bonds. The van der Waals surface area contributed by atoms with Gasteiger partial charge in [-0.3, -0.25) is 9.10 Å². The van der Waals surface area contributed by atoms with E-state index in [2.05, 4.69) is 0 Å². The molecule has 0 unspecified atom stereocenters. The zero-order valence-electron chi connectivity index (χ0n) is 12.4. The Hall–Kier alpha value is -2.34. The van der Waals surface area contributed by atoms with E-state index in [1.165, 1.54) is 6.07 Å². The molecule has 2 aromatic carbocycles. The molecular weight excluding hydrogens is 302 g/mol. The van der Waals surface area contributed by atoms with E-state index in [1.807, 2.05) is 6.92 Å². The Kier molecular flexibility index (Phi) is 4.51. The summed E-state index contributed by atoms with van der Waals surface area (Å²) in [6, 6.07) is 13.2. The van der Waals surface area contributed by atoms with Crippen LogP contribution >= 0.6 is 0 Å². The molecule has 22 heavy (non-hydrogen) atoms. The minimum absolute atomic E-state index is 0.108. The van der Waals surface area contributed by atoms with Crippen LogP contribution in [0.5, 0.6) is 0 Å². The lowest BCUT2D eigenvalue weighted by Gasteiger charge is -2.23. The fraction of sp³-hybridized carbons (Fsp3) is 0.188. The number of rotatable bonds is 5. The third-order valence-electron chi connectivity index (χ3n) is 3.26. The van der Waals surface area contributed by atoms with Crippen LogP contribution in [0.15, 0.2) is 53.4 Å². The van der Waals surface area contributed by atoms with Crippen LogP contribution in [-0.4, -0.2) is 26.0 Å². The highest BCUT2D eigenvalue weighted by Crippen LogP contribution is 2.25. The SMILES string of the molecule is Cc1ccc(N(CC(=O)O)S(=O)(=O)c2ccccc2C)cc1. The monoisotopic (exact) mass is 319 g/mol. The van der Waals surface area contributed by atoms with Crippen molar-refractivity contribution in [1.29, 1.82) is 0 Å². The van der Waals surface area contributed by atoms with Crippen molar-refractivity contribution in [2.75, 3.05) is 10.8 Å². The standard InChI is InChI=1S/C16H17NO4S/c1-12-7-9-14(10-8-12)17(11-16(18)19)22(20,21)15-6-4-3-5-13(15)2/h3-10H,11H2,1-2H3,(H,18,19). The topological polar surface area (TPSA) is 74.7 Å². The Morgan fingerprint density at radius 1 is 1.05 bits per heavy atom. The van der Waals surface area contributed by atoms with Gasteiger partial charge in [-0.2, -0.15) is 0 Å². The third-order valence-corrected chi connectivity index (χ3v) is 5.20. The summed E-state index contributed by atoms with van der Waals surface area (Å²) < 4.78 is 26.6.